The van der Waals surface area contributed by atoms with Crippen LogP contribution in [0.1, 0.15) is 12.5 Å². The van der Waals surface area contributed by atoms with E-state index in [1.165, 1.54) is 50.4 Å². The number of alkyl halides is 3. The van der Waals surface area contributed by atoms with Crippen molar-refractivity contribution in [2.75, 3.05) is 23.0 Å². The summed E-state index contributed by atoms with van der Waals surface area (Å²) in [6.45, 7) is 1.29. The summed E-state index contributed by atoms with van der Waals surface area (Å²) in [4.78, 5) is 12.6. The van der Waals surface area contributed by atoms with Crippen molar-refractivity contribution in [2.24, 2.45) is 0 Å². The molecule has 0 aromatic heterocycles. The van der Waals surface area contributed by atoms with Crippen LogP contribution in [0.5, 0.6) is 5.75 Å². The number of amides is 1. The second kappa shape index (κ2) is 8.09. The van der Waals surface area contributed by atoms with Gasteiger partial charge in [-0.05, 0) is 43.3 Å². The van der Waals surface area contributed by atoms with E-state index in [2.05, 4.69) is 5.32 Å². The topological polar surface area (TPSA) is 75.7 Å². The molecule has 0 radical (unpaired) electrons. The summed E-state index contributed by atoms with van der Waals surface area (Å²) in [5.74, 6) is -0.425. The van der Waals surface area contributed by atoms with Gasteiger partial charge < -0.3 is 10.1 Å². The smallest absolute Gasteiger partial charge is 0.418 e. The molecule has 0 spiro atoms. The average molecular weight is 416 g/mol. The van der Waals surface area contributed by atoms with Crippen LogP contribution in [0.25, 0.3) is 0 Å². The first kappa shape index (κ1) is 21.5. The fourth-order valence-corrected chi connectivity index (χ4v) is 3.79. The zero-order valence-corrected chi connectivity index (χ0v) is 16.1. The molecule has 0 bridgehead atoms. The van der Waals surface area contributed by atoms with Crippen molar-refractivity contribution in [1.29, 1.82) is 0 Å². The monoisotopic (exact) mass is 416 g/mol. The maximum absolute atomic E-state index is 13.1. The van der Waals surface area contributed by atoms with Crippen LogP contribution >= 0.6 is 0 Å². The van der Waals surface area contributed by atoms with Crippen molar-refractivity contribution < 1.29 is 31.1 Å². The molecule has 0 aliphatic heterocycles. The first-order valence-corrected chi connectivity index (χ1v) is 9.90. The summed E-state index contributed by atoms with van der Waals surface area (Å²) in [6.07, 6.45) is -3.76. The van der Waals surface area contributed by atoms with Crippen LogP contribution in [-0.2, 0) is 21.0 Å². The van der Waals surface area contributed by atoms with Gasteiger partial charge in [-0.2, -0.15) is 13.2 Å². The van der Waals surface area contributed by atoms with Crippen molar-refractivity contribution >= 4 is 27.3 Å². The van der Waals surface area contributed by atoms with E-state index in [1.54, 1.807) is 0 Å². The molecule has 1 amide bonds. The van der Waals surface area contributed by atoms with E-state index < -0.39 is 39.4 Å². The van der Waals surface area contributed by atoms with E-state index in [4.69, 9.17) is 4.74 Å². The number of nitrogens with zero attached hydrogens (tertiary/aromatic N) is 1. The van der Waals surface area contributed by atoms with Gasteiger partial charge in [0.1, 0.15) is 11.8 Å². The second-order valence-corrected chi connectivity index (χ2v) is 7.82. The van der Waals surface area contributed by atoms with Gasteiger partial charge >= 0.3 is 6.18 Å². The Morgan fingerprint density at radius 3 is 2.18 bits per heavy atom. The largest absolute Gasteiger partial charge is 0.497 e. The Bertz CT molecular complexity index is 944. The molecule has 6 nitrogen and oxygen atoms in total. The fourth-order valence-electron chi connectivity index (χ4n) is 2.61. The van der Waals surface area contributed by atoms with Crippen LogP contribution in [0.2, 0.25) is 0 Å². The minimum atomic E-state index is -4.67. The number of hydrogen-bond donors (Lipinski definition) is 1. The minimum Gasteiger partial charge on any atom is -0.497 e. The molecular formula is C18H19F3N2O4S. The van der Waals surface area contributed by atoms with Gasteiger partial charge in [0.15, 0.2) is 0 Å². The Morgan fingerprint density at radius 1 is 1.11 bits per heavy atom. The van der Waals surface area contributed by atoms with Gasteiger partial charge in [0.2, 0.25) is 15.9 Å². The number of ether oxygens (including phenoxy) is 1. The molecule has 152 valence electrons. The number of anilines is 2. The highest BCUT2D eigenvalue weighted by Crippen LogP contribution is 2.35. The molecule has 10 heteroatoms. The number of benzene rings is 2. The summed E-state index contributed by atoms with van der Waals surface area (Å²) in [6, 6.07) is 9.07. The van der Waals surface area contributed by atoms with Crippen LogP contribution in [0, 0.1) is 0 Å². The molecule has 1 N–H and O–H groups in total. The van der Waals surface area contributed by atoms with E-state index in [-0.39, 0.29) is 5.69 Å². The Labute approximate surface area is 161 Å². The van der Waals surface area contributed by atoms with Crippen LogP contribution in [0.15, 0.2) is 48.5 Å². The molecule has 2 rings (SSSR count). The highest BCUT2D eigenvalue weighted by molar-refractivity contribution is 7.92. The third kappa shape index (κ3) is 4.94. The van der Waals surface area contributed by atoms with E-state index in [9.17, 15) is 26.4 Å². The lowest BCUT2D eigenvalue weighted by molar-refractivity contribution is -0.137. The van der Waals surface area contributed by atoms with E-state index in [1.807, 2.05) is 0 Å². The zero-order valence-electron chi connectivity index (χ0n) is 15.3. The van der Waals surface area contributed by atoms with Gasteiger partial charge in [0.05, 0.1) is 30.3 Å². The third-order valence-electron chi connectivity index (χ3n) is 3.91. The highest BCUT2D eigenvalue weighted by atomic mass is 32.2. The van der Waals surface area contributed by atoms with Crippen molar-refractivity contribution in [3.63, 3.8) is 0 Å². The summed E-state index contributed by atoms with van der Waals surface area (Å²) < 4.78 is 69.7. The molecule has 1 atom stereocenters. The summed E-state index contributed by atoms with van der Waals surface area (Å²) in [5, 5.41) is 2.17. The number of halogens is 3. The second-order valence-electron chi connectivity index (χ2n) is 5.97. The van der Waals surface area contributed by atoms with Crippen molar-refractivity contribution in [1.82, 2.24) is 0 Å². The maximum Gasteiger partial charge on any atom is 0.418 e. The number of rotatable bonds is 6. The summed E-state index contributed by atoms with van der Waals surface area (Å²) >= 11 is 0. The summed E-state index contributed by atoms with van der Waals surface area (Å²) in [5.41, 5.74) is -1.30. The van der Waals surface area contributed by atoms with Gasteiger partial charge in [0, 0.05) is 0 Å². The maximum atomic E-state index is 13.1. The molecular weight excluding hydrogens is 397 g/mol. The fraction of sp³-hybridized carbons (Fsp3) is 0.278. The molecule has 28 heavy (non-hydrogen) atoms. The van der Waals surface area contributed by atoms with Gasteiger partial charge in [-0.1, -0.05) is 12.1 Å². The number of sulfonamides is 1. The average Bonchev–Trinajstić information content (AvgIpc) is 2.60. The van der Waals surface area contributed by atoms with Crippen LogP contribution in [0.3, 0.4) is 0 Å². The van der Waals surface area contributed by atoms with Crippen molar-refractivity contribution in [3.8, 4) is 5.75 Å². The van der Waals surface area contributed by atoms with Crippen LogP contribution in [0.4, 0.5) is 24.5 Å². The number of hydrogen-bond acceptors (Lipinski definition) is 4. The lowest BCUT2D eigenvalue weighted by atomic mass is 10.1. The van der Waals surface area contributed by atoms with Crippen molar-refractivity contribution in [2.45, 2.75) is 19.1 Å². The number of nitrogens with one attached hydrogen (secondary N) is 1. The number of carbonyl (C=O) groups is 1. The van der Waals surface area contributed by atoms with Gasteiger partial charge in [0.25, 0.3) is 0 Å². The zero-order chi connectivity index (χ0) is 21.1. The van der Waals surface area contributed by atoms with Gasteiger partial charge in [-0.15, -0.1) is 0 Å². The Hall–Kier alpha value is -2.75. The van der Waals surface area contributed by atoms with E-state index in [0.29, 0.717) is 5.75 Å². The normalized spacial score (nSPS) is 12.9. The molecule has 2 aromatic rings. The highest BCUT2D eigenvalue weighted by Gasteiger charge is 2.35. The predicted octanol–water partition coefficient (Wildman–Crippen LogP) is 3.51. The van der Waals surface area contributed by atoms with E-state index in [0.717, 1.165) is 22.7 Å². The van der Waals surface area contributed by atoms with Crippen LogP contribution in [-0.4, -0.2) is 33.7 Å². The SMILES string of the molecule is COc1ccc(N([C@H](C)C(=O)Nc2ccccc2C(F)(F)F)S(C)(=O)=O)cc1. The Balaban J connectivity index is 2.35. The third-order valence-corrected chi connectivity index (χ3v) is 5.15. The molecule has 0 aliphatic carbocycles. The molecule has 0 aliphatic rings. The number of methoxy groups -OCH3 is 1. The molecule has 0 fully saturated rings. The molecule has 0 unspecified atom stereocenters. The molecule has 0 saturated heterocycles. The van der Waals surface area contributed by atoms with Gasteiger partial charge in [-0.3, -0.25) is 9.10 Å². The van der Waals surface area contributed by atoms with Gasteiger partial charge in [-0.25, -0.2) is 8.42 Å². The quantitative estimate of drug-likeness (QED) is 0.782. The molecule has 2 aromatic carbocycles. The number of para-hydroxylation sites is 1. The van der Waals surface area contributed by atoms with Crippen LogP contribution < -0.4 is 14.4 Å². The molecule has 0 heterocycles. The standard InChI is InChI=1S/C18H19F3N2O4S/c1-12(17(24)22-16-7-5-4-6-15(16)18(19,20)21)23(28(3,25)26)13-8-10-14(27-2)11-9-13/h4-12H,1-3H3,(H,22,24)/t12-/m1/s1. The summed E-state index contributed by atoms with van der Waals surface area (Å²) in [7, 11) is -2.46. The lowest BCUT2D eigenvalue weighted by Crippen LogP contribution is -2.45. The molecule has 0 saturated carbocycles. The van der Waals surface area contributed by atoms with Crippen molar-refractivity contribution in [3.05, 3.63) is 54.1 Å². The first-order chi connectivity index (χ1) is 12.9. The minimum absolute atomic E-state index is 0.176. The first-order valence-electron chi connectivity index (χ1n) is 8.05. The Morgan fingerprint density at radius 2 is 1.68 bits per heavy atom. The predicted molar refractivity (Wildman–Crippen MR) is 99.9 cm³/mol. The number of carbonyl (C=O) groups excluding carboxylic acids is 1. The Kier molecular flexibility index (Phi) is 6.23. The van der Waals surface area contributed by atoms with E-state index >= 15 is 0 Å². The lowest BCUT2D eigenvalue weighted by Gasteiger charge is -2.28.